The second kappa shape index (κ2) is 5.88. The van der Waals surface area contributed by atoms with Crippen molar-refractivity contribution in [2.24, 2.45) is 0 Å². The molecule has 0 saturated heterocycles. The lowest BCUT2D eigenvalue weighted by atomic mass is 10.3. The quantitative estimate of drug-likeness (QED) is 0.583. The molecule has 0 saturated carbocycles. The van der Waals surface area contributed by atoms with E-state index in [0.29, 0.717) is 0 Å². The smallest absolute Gasteiger partial charge is 0.344 e. The zero-order chi connectivity index (χ0) is 11.5. The zero-order valence-electron chi connectivity index (χ0n) is 6.66. The predicted octanol–water partition coefficient (Wildman–Crippen LogP) is 3.83. The lowest BCUT2D eigenvalue weighted by Gasteiger charge is -2.21. The van der Waals surface area contributed by atoms with Crippen LogP contribution in [0.1, 0.15) is 0 Å². The highest BCUT2D eigenvalue weighted by atomic mass is 35.5. The SMILES string of the molecule is COC(=O)C(Cl)(Cl)[C@H](Cl)C(Cl)=C(Cl)Cl. The summed E-state index contributed by atoms with van der Waals surface area (Å²) in [6, 6.07) is 0. The first-order chi connectivity index (χ1) is 6.25. The Bertz CT molecular complexity index is 257. The van der Waals surface area contributed by atoms with Crippen LogP contribution in [0, 0.1) is 0 Å². The van der Waals surface area contributed by atoms with Crippen LogP contribution in [0.25, 0.3) is 0 Å². The summed E-state index contributed by atoms with van der Waals surface area (Å²) in [7, 11) is 1.10. The summed E-state index contributed by atoms with van der Waals surface area (Å²) in [5, 5.41) is -1.52. The van der Waals surface area contributed by atoms with E-state index < -0.39 is 15.7 Å². The second-order valence-corrected chi connectivity index (χ2v) is 5.26. The molecule has 0 aliphatic rings. The average Bonchev–Trinajstić information content (AvgIpc) is 2.13. The largest absolute Gasteiger partial charge is 0.467 e. The molecular weight excluding hydrogens is 317 g/mol. The number of halogens is 6. The van der Waals surface area contributed by atoms with Crippen molar-refractivity contribution in [3.8, 4) is 0 Å². The van der Waals surface area contributed by atoms with Gasteiger partial charge in [0.25, 0.3) is 0 Å². The van der Waals surface area contributed by atoms with E-state index in [4.69, 9.17) is 69.6 Å². The lowest BCUT2D eigenvalue weighted by Crippen LogP contribution is -2.37. The first-order valence-electron chi connectivity index (χ1n) is 3.06. The molecule has 14 heavy (non-hydrogen) atoms. The summed E-state index contributed by atoms with van der Waals surface area (Å²) in [5.41, 5.74) is 0. The Morgan fingerprint density at radius 2 is 1.71 bits per heavy atom. The third kappa shape index (κ3) is 3.51. The standard InChI is InChI=1S/C6H4Cl6O2/c1-14-5(13)6(11,12)3(8)2(7)4(9)10/h3H,1H3/t3-/m1/s1. The van der Waals surface area contributed by atoms with Crippen LogP contribution in [0.2, 0.25) is 0 Å². The molecule has 0 rings (SSSR count). The molecule has 0 heterocycles. The normalized spacial score (nSPS) is 13.4. The molecule has 1 atom stereocenters. The number of hydrogen-bond acceptors (Lipinski definition) is 2. The van der Waals surface area contributed by atoms with Crippen LogP contribution in [0.4, 0.5) is 0 Å². The number of hydrogen-bond donors (Lipinski definition) is 0. The average molecular weight is 321 g/mol. The van der Waals surface area contributed by atoms with Crippen LogP contribution in [-0.4, -0.2) is 22.8 Å². The molecule has 0 aromatic rings. The number of alkyl halides is 3. The Morgan fingerprint density at radius 3 is 2.00 bits per heavy atom. The predicted molar refractivity (Wildman–Crippen MR) is 60.7 cm³/mol. The highest BCUT2D eigenvalue weighted by molar-refractivity contribution is 6.65. The summed E-state index contributed by atoms with van der Waals surface area (Å²) in [4.78, 5) is 11.1. The molecule has 82 valence electrons. The van der Waals surface area contributed by atoms with E-state index in [9.17, 15) is 4.79 Å². The molecule has 8 heteroatoms. The van der Waals surface area contributed by atoms with Gasteiger partial charge >= 0.3 is 5.97 Å². The Kier molecular flexibility index (Phi) is 6.28. The number of methoxy groups -OCH3 is 1. The van der Waals surface area contributed by atoms with Gasteiger partial charge in [-0.3, -0.25) is 0 Å². The fourth-order valence-electron chi connectivity index (χ4n) is 0.494. The summed E-state index contributed by atoms with van der Waals surface area (Å²) < 4.78 is 1.95. The number of ether oxygens (including phenoxy) is 1. The van der Waals surface area contributed by atoms with Crippen LogP contribution in [0.3, 0.4) is 0 Å². The van der Waals surface area contributed by atoms with Crippen LogP contribution in [-0.2, 0) is 9.53 Å². The minimum atomic E-state index is -2.04. The van der Waals surface area contributed by atoms with Crippen molar-refractivity contribution in [1.82, 2.24) is 0 Å². The zero-order valence-corrected chi connectivity index (χ0v) is 11.2. The van der Waals surface area contributed by atoms with Crippen LogP contribution >= 0.6 is 69.6 Å². The Balaban J connectivity index is 4.93. The Labute approximate surface area is 111 Å². The van der Waals surface area contributed by atoms with E-state index in [0.717, 1.165) is 7.11 Å². The van der Waals surface area contributed by atoms with Crippen LogP contribution in [0.15, 0.2) is 9.52 Å². The molecule has 0 radical (unpaired) electrons. The van der Waals surface area contributed by atoms with Gasteiger partial charge in [-0.2, -0.15) is 0 Å². The number of esters is 1. The lowest BCUT2D eigenvalue weighted by molar-refractivity contribution is -0.141. The van der Waals surface area contributed by atoms with E-state index in [-0.39, 0.29) is 9.52 Å². The molecule has 0 aliphatic heterocycles. The Hall–Kier alpha value is 0.950. The van der Waals surface area contributed by atoms with Crippen molar-refractivity contribution in [2.75, 3.05) is 7.11 Å². The summed E-state index contributed by atoms with van der Waals surface area (Å²) in [6.45, 7) is 0. The van der Waals surface area contributed by atoms with E-state index >= 15 is 0 Å². The Morgan fingerprint density at radius 1 is 1.29 bits per heavy atom. The fraction of sp³-hybridized carbons (Fsp3) is 0.500. The molecule has 0 bridgehead atoms. The highest BCUT2D eigenvalue weighted by Gasteiger charge is 2.45. The summed E-state index contributed by atoms with van der Waals surface area (Å²) in [5.74, 6) is -0.950. The van der Waals surface area contributed by atoms with Gasteiger partial charge in [0.15, 0.2) is 0 Å². The van der Waals surface area contributed by atoms with Gasteiger partial charge in [-0.25, -0.2) is 4.79 Å². The molecule has 2 nitrogen and oxygen atoms in total. The van der Waals surface area contributed by atoms with Crippen molar-refractivity contribution >= 4 is 75.6 Å². The van der Waals surface area contributed by atoms with Gasteiger partial charge in [-0.05, 0) is 0 Å². The minimum absolute atomic E-state index is 0.231. The number of allylic oxidation sites excluding steroid dienone is 1. The summed E-state index contributed by atoms with van der Waals surface area (Å²) in [6.07, 6.45) is 0. The maximum Gasteiger partial charge on any atom is 0.344 e. The van der Waals surface area contributed by atoms with Crippen LogP contribution in [0.5, 0.6) is 0 Å². The molecule has 0 aliphatic carbocycles. The van der Waals surface area contributed by atoms with Crippen molar-refractivity contribution in [3.63, 3.8) is 0 Å². The van der Waals surface area contributed by atoms with E-state index in [1.165, 1.54) is 0 Å². The van der Waals surface area contributed by atoms with Gasteiger partial charge in [0, 0.05) is 0 Å². The van der Waals surface area contributed by atoms with E-state index in [1.807, 2.05) is 0 Å². The molecule has 0 fully saturated rings. The third-order valence-electron chi connectivity index (χ3n) is 1.18. The van der Waals surface area contributed by atoms with Gasteiger partial charge in [-0.1, -0.05) is 58.0 Å². The summed E-state index contributed by atoms with van der Waals surface area (Å²) >= 11 is 33.1. The monoisotopic (exact) mass is 318 g/mol. The number of carbonyl (C=O) groups excluding carboxylic acids is 1. The van der Waals surface area contributed by atoms with E-state index in [2.05, 4.69) is 4.74 Å². The highest BCUT2D eigenvalue weighted by Crippen LogP contribution is 2.39. The van der Waals surface area contributed by atoms with Gasteiger partial charge in [0.1, 0.15) is 9.87 Å². The van der Waals surface area contributed by atoms with Gasteiger partial charge in [0.2, 0.25) is 4.33 Å². The maximum atomic E-state index is 11.1. The van der Waals surface area contributed by atoms with Gasteiger partial charge < -0.3 is 4.74 Å². The molecular formula is C6H4Cl6O2. The minimum Gasteiger partial charge on any atom is -0.467 e. The van der Waals surface area contributed by atoms with Crippen molar-refractivity contribution < 1.29 is 9.53 Å². The fourth-order valence-corrected chi connectivity index (χ4v) is 1.67. The molecule has 0 aromatic carbocycles. The first-order valence-corrected chi connectivity index (χ1v) is 5.38. The molecule has 0 aromatic heterocycles. The van der Waals surface area contributed by atoms with Gasteiger partial charge in [0.05, 0.1) is 12.1 Å². The molecule has 0 N–H and O–H groups in total. The molecule has 0 unspecified atom stereocenters. The number of rotatable bonds is 3. The molecule has 0 amide bonds. The first kappa shape index (κ1) is 14.9. The van der Waals surface area contributed by atoms with Crippen molar-refractivity contribution in [2.45, 2.75) is 9.71 Å². The molecule has 0 spiro atoms. The van der Waals surface area contributed by atoms with Crippen molar-refractivity contribution in [3.05, 3.63) is 9.52 Å². The van der Waals surface area contributed by atoms with Crippen molar-refractivity contribution in [1.29, 1.82) is 0 Å². The topological polar surface area (TPSA) is 26.3 Å². The van der Waals surface area contributed by atoms with E-state index in [1.54, 1.807) is 0 Å². The maximum absolute atomic E-state index is 11.1. The van der Waals surface area contributed by atoms with Gasteiger partial charge in [-0.15, -0.1) is 11.6 Å². The van der Waals surface area contributed by atoms with Crippen LogP contribution < -0.4 is 0 Å². The number of carbonyl (C=O) groups is 1. The second-order valence-electron chi connectivity index (χ2n) is 2.09. The third-order valence-corrected chi connectivity index (χ3v) is 3.81.